The molecule has 0 fully saturated rings. The first-order valence-corrected chi connectivity index (χ1v) is 11.7. The largest absolute Gasteiger partial charge is 0.573 e. The van der Waals surface area contributed by atoms with E-state index >= 15 is 0 Å². The summed E-state index contributed by atoms with van der Waals surface area (Å²) in [6.45, 7) is -0.456. The number of alkyl halides is 6. The molecule has 0 amide bonds. The lowest BCUT2D eigenvalue weighted by Gasteiger charge is -2.15. The number of para-hydroxylation sites is 2. The predicted octanol–water partition coefficient (Wildman–Crippen LogP) is 3.87. The molecular weight excluding hydrogens is 574 g/mol. The van der Waals surface area contributed by atoms with E-state index in [-0.39, 0.29) is 28.7 Å². The number of hydrogen-bond acceptors (Lipinski definition) is 7. The smallest absolute Gasteiger partial charge is 0.403 e. The number of nitrogens with zero attached hydrogens (tertiary/aromatic N) is 6. The molecule has 2 aromatic heterocycles. The van der Waals surface area contributed by atoms with E-state index in [9.17, 15) is 41.4 Å². The Bertz CT molecular complexity index is 1550. The van der Waals surface area contributed by atoms with Gasteiger partial charge in [0.2, 0.25) is 0 Å². The zero-order chi connectivity index (χ0) is 29.4. The minimum absolute atomic E-state index is 0.205. The molecule has 0 saturated heterocycles. The van der Waals surface area contributed by atoms with Gasteiger partial charge in [0.05, 0.1) is 6.54 Å². The molecule has 0 aliphatic heterocycles. The van der Waals surface area contributed by atoms with Crippen LogP contribution in [0.25, 0.3) is 17.1 Å². The zero-order valence-electron chi connectivity index (χ0n) is 20.2. The summed E-state index contributed by atoms with van der Waals surface area (Å²) in [5.74, 6) is -1.32. The Labute approximate surface area is 225 Å². The van der Waals surface area contributed by atoms with Crippen molar-refractivity contribution in [1.29, 1.82) is 0 Å². The molecule has 4 rings (SSSR count). The molecule has 10 nitrogen and oxygen atoms in total. The average Bonchev–Trinajstić information content (AvgIpc) is 3.40. The summed E-state index contributed by atoms with van der Waals surface area (Å²) in [7, 11) is 0. The Balaban J connectivity index is 1.78. The number of aliphatic hydroxyl groups excluding tert-OH is 2. The molecule has 2 heterocycles. The maximum absolute atomic E-state index is 13.1. The second-order valence-electron chi connectivity index (χ2n) is 8.43. The summed E-state index contributed by atoms with van der Waals surface area (Å²) in [6, 6.07) is 10.6. The van der Waals surface area contributed by atoms with Gasteiger partial charge < -0.3 is 14.9 Å². The highest BCUT2D eigenvalue weighted by Gasteiger charge is 2.39. The van der Waals surface area contributed by atoms with Crippen molar-refractivity contribution in [2.24, 2.45) is 0 Å². The Morgan fingerprint density at radius 1 is 1.00 bits per heavy atom. The zero-order valence-corrected chi connectivity index (χ0v) is 21.0. The molecule has 0 bridgehead atoms. The summed E-state index contributed by atoms with van der Waals surface area (Å²) in [5, 5.41) is 28.3. The molecule has 0 unspecified atom stereocenters. The van der Waals surface area contributed by atoms with Crippen molar-refractivity contribution >= 4 is 11.6 Å². The second-order valence-corrected chi connectivity index (χ2v) is 8.86. The molecule has 0 aliphatic rings. The van der Waals surface area contributed by atoms with E-state index in [1.807, 2.05) is 0 Å². The van der Waals surface area contributed by atoms with Gasteiger partial charge in [-0.05, 0) is 43.3 Å². The minimum atomic E-state index is -5.04. The average molecular weight is 593 g/mol. The van der Waals surface area contributed by atoms with Gasteiger partial charge in [-0.2, -0.15) is 13.2 Å². The Kier molecular flexibility index (Phi) is 7.96. The van der Waals surface area contributed by atoms with Crippen molar-refractivity contribution < 1.29 is 41.3 Å². The number of benzene rings is 2. The molecule has 2 aromatic carbocycles. The molecular formula is C23H19ClF6N6O4. The standard InChI is InChI=1S/C23H19ClF6N6O4/c1-12(37)19-31-18(32-36(19)15-4-2-3-5-16(15)40-23(28,29)30)11-35-21(39)34(10-17(38)22(25,26)27)20(33-35)13-6-8-14(24)9-7-13/h2-9,12,17,37-38H,10-11H2,1H3/t12-,17-/m0/s1. The van der Waals surface area contributed by atoms with Gasteiger partial charge in [-0.3, -0.25) is 4.57 Å². The highest BCUT2D eigenvalue weighted by Crippen LogP contribution is 2.30. The monoisotopic (exact) mass is 592 g/mol. The first-order chi connectivity index (χ1) is 18.6. The quantitative estimate of drug-likeness (QED) is 0.298. The third kappa shape index (κ3) is 6.46. The van der Waals surface area contributed by atoms with Gasteiger partial charge in [0.15, 0.2) is 29.3 Å². The third-order valence-corrected chi connectivity index (χ3v) is 5.67. The third-order valence-electron chi connectivity index (χ3n) is 5.42. The lowest BCUT2D eigenvalue weighted by atomic mass is 10.2. The predicted molar refractivity (Wildman–Crippen MR) is 127 cm³/mol. The molecule has 0 radical (unpaired) electrons. The molecule has 17 heteroatoms. The van der Waals surface area contributed by atoms with E-state index in [2.05, 4.69) is 19.9 Å². The molecule has 2 N–H and O–H groups in total. The van der Waals surface area contributed by atoms with Crippen molar-refractivity contribution in [1.82, 2.24) is 29.1 Å². The Hall–Kier alpha value is -3.89. The first kappa shape index (κ1) is 29.1. The van der Waals surface area contributed by atoms with Crippen LogP contribution in [0.4, 0.5) is 26.3 Å². The number of hydrogen-bond donors (Lipinski definition) is 2. The van der Waals surface area contributed by atoms with Gasteiger partial charge in [-0.1, -0.05) is 23.7 Å². The SMILES string of the molecule is C[C@H](O)c1nc(Cn2nc(-c3ccc(Cl)cc3)n(C[C@H](O)C(F)(F)F)c2=O)nn1-c1ccccc1OC(F)(F)F. The van der Waals surface area contributed by atoms with E-state index in [4.69, 9.17) is 11.6 Å². The maximum atomic E-state index is 13.1. The van der Waals surface area contributed by atoms with Crippen LogP contribution in [0.15, 0.2) is 53.3 Å². The summed E-state index contributed by atoms with van der Waals surface area (Å²) in [5.41, 5.74) is -1.09. The number of aliphatic hydroxyl groups is 2. The van der Waals surface area contributed by atoms with Crippen LogP contribution in [0.2, 0.25) is 5.02 Å². The highest BCUT2D eigenvalue weighted by molar-refractivity contribution is 6.30. The lowest BCUT2D eigenvalue weighted by Crippen LogP contribution is -2.37. The van der Waals surface area contributed by atoms with Crippen LogP contribution in [0.1, 0.15) is 24.7 Å². The van der Waals surface area contributed by atoms with E-state index in [0.29, 0.717) is 9.59 Å². The van der Waals surface area contributed by atoms with Gasteiger partial charge in [0, 0.05) is 10.6 Å². The molecule has 0 aliphatic carbocycles. The Morgan fingerprint density at radius 3 is 2.25 bits per heavy atom. The fourth-order valence-electron chi connectivity index (χ4n) is 3.66. The molecule has 4 aromatic rings. The van der Waals surface area contributed by atoms with Gasteiger partial charge in [0.1, 0.15) is 18.3 Å². The van der Waals surface area contributed by atoms with Crippen LogP contribution in [0, 0.1) is 0 Å². The van der Waals surface area contributed by atoms with Gasteiger partial charge in [-0.25, -0.2) is 19.1 Å². The molecule has 2 atom stereocenters. The summed E-state index contributed by atoms with van der Waals surface area (Å²) in [4.78, 5) is 17.2. The van der Waals surface area contributed by atoms with Crippen molar-refractivity contribution in [2.75, 3.05) is 0 Å². The molecule has 0 saturated carbocycles. The van der Waals surface area contributed by atoms with Crippen molar-refractivity contribution in [3.8, 4) is 22.8 Å². The van der Waals surface area contributed by atoms with E-state index in [1.165, 1.54) is 49.4 Å². The van der Waals surface area contributed by atoms with Crippen LogP contribution in [0.5, 0.6) is 5.75 Å². The number of halogens is 7. The second kappa shape index (κ2) is 10.9. The number of ether oxygens (including phenoxy) is 1. The lowest BCUT2D eigenvalue weighted by molar-refractivity contribution is -0.274. The van der Waals surface area contributed by atoms with E-state index in [1.54, 1.807) is 0 Å². The van der Waals surface area contributed by atoms with Gasteiger partial charge >= 0.3 is 18.2 Å². The van der Waals surface area contributed by atoms with E-state index < -0.39 is 49.3 Å². The van der Waals surface area contributed by atoms with Crippen LogP contribution < -0.4 is 10.4 Å². The fraction of sp³-hybridized carbons (Fsp3) is 0.304. The maximum Gasteiger partial charge on any atom is 0.573 e. The van der Waals surface area contributed by atoms with Crippen molar-refractivity contribution in [3.63, 3.8) is 0 Å². The van der Waals surface area contributed by atoms with Crippen molar-refractivity contribution in [2.45, 2.75) is 44.8 Å². The minimum Gasteiger partial charge on any atom is -0.403 e. The van der Waals surface area contributed by atoms with Gasteiger partial charge in [0.25, 0.3) is 0 Å². The topological polar surface area (TPSA) is 120 Å². The number of rotatable bonds is 8. The Morgan fingerprint density at radius 2 is 1.65 bits per heavy atom. The van der Waals surface area contributed by atoms with Crippen LogP contribution >= 0.6 is 11.6 Å². The molecule has 0 spiro atoms. The highest BCUT2D eigenvalue weighted by atomic mass is 35.5. The molecule has 214 valence electrons. The van der Waals surface area contributed by atoms with Crippen LogP contribution in [0.3, 0.4) is 0 Å². The van der Waals surface area contributed by atoms with Crippen LogP contribution in [-0.4, -0.2) is 58.0 Å². The van der Waals surface area contributed by atoms with Gasteiger partial charge in [-0.15, -0.1) is 23.4 Å². The first-order valence-electron chi connectivity index (χ1n) is 11.3. The van der Waals surface area contributed by atoms with E-state index in [0.717, 1.165) is 15.4 Å². The fourth-order valence-corrected chi connectivity index (χ4v) is 3.78. The van der Waals surface area contributed by atoms with Crippen molar-refractivity contribution in [3.05, 3.63) is 75.7 Å². The normalized spacial score (nSPS) is 13.8. The number of aromatic nitrogens is 6. The van der Waals surface area contributed by atoms with Crippen LogP contribution in [-0.2, 0) is 13.1 Å². The molecule has 40 heavy (non-hydrogen) atoms. The summed E-state index contributed by atoms with van der Waals surface area (Å²) in [6.07, 6.45) is -14.3. The summed E-state index contributed by atoms with van der Waals surface area (Å²) < 4.78 is 84.3. The summed E-state index contributed by atoms with van der Waals surface area (Å²) >= 11 is 5.87.